The molecule has 0 radical (unpaired) electrons. The van der Waals surface area contributed by atoms with E-state index in [2.05, 4.69) is 10.6 Å². The van der Waals surface area contributed by atoms with Gasteiger partial charge in [0.15, 0.2) is 0 Å². The Bertz CT molecular complexity index is 1360. The number of aryl methyl sites for hydroxylation is 2. The number of alkyl carbamates (subject to hydrolysis) is 1. The highest BCUT2D eigenvalue weighted by atomic mass is 16.6. The maximum absolute atomic E-state index is 14.4. The number of para-hydroxylation sites is 1. The fraction of sp³-hybridized carbons (Fsp3) is 0.364. The highest BCUT2D eigenvalue weighted by molar-refractivity contribution is 6.00. The molecule has 0 saturated heterocycles. The maximum atomic E-state index is 14.4. The summed E-state index contributed by atoms with van der Waals surface area (Å²) >= 11 is 0. The second-order valence-corrected chi connectivity index (χ2v) is 11.4. The molecule has 3 aromatic carbocycles. The molecule has 3 rings (SSSR count). The number of phenolic OH excluding ortho intramolecular Hbond substituents is 2. The van der Waals surface area contributed by atoms with Crippen molar-refractivity contribution in [1.82, 2.24) is 10.2 Å². The van der Waals surface area contributed by atoms with E-state index >= 15 is 0 Å². The summed E-state index contributed by atoms with van der Waals surface area (Å²) in [6.07, 6.45) is -0.133. The van der Waals surface area contributed by atoms with E-state index < -0.39 is 35.6 Å². The van der Waals surface area contributed by atoms with Gasteiger partial charge in [-0.25, -0.2) is 4.79 Å². The Morgan fingerprint density at radius 3 is 1.95 bits per heavy atom. The molecule has 0 aromatic heterocycles. The molecule has 0 spiro atoms. The second kappa shape index (κ2) is 13.9. The highest BCUT2D eigenvalue weighted by Crippen LogP contribution is 2.28. The van der Waals surface area contributed by atoms with Gasteiger partial charge >= 0.3 is 6.09 Å². The molecule has 0 saturated carbocycles. The number of aromatic hydroxyl groups is 2. The Hall–Kier alpha value is -4.53. The van der Waals surface area contributed by atoms with Crippen LogP contribution < -0.4 is 10.6 Å². The number of amides is 3. The number of anilines is 1. The summed E-state index contributed by atoms with van der Waals surface area (Å²) in [5.74, 6) is -0.811. The van der Waals surface area contributed by atoms with Gasteiger partial charge < -0.3 is 30.5 Å². The van der Waals surface area contributed by atoms with E-state index in [1.54, 1.807) is 45.0 Å². The third-order valence-electron chi connectivity index (χ3n) is 6.61. The number of phenols is 2. The fourth-order valence-corrected chi connectivity index (χ4v) is 4.66. The van der Waals surface area contributed by atoms with Crippen molar-refractivity contribution in [1.29, 1.82) is 0 Å². The number of hydrogen-bond acceptors (Lipinski definition) is 6. The van der Waals surface area contributed by atoms with Gasteiger partial charge in [-0.05, 0) is 87.6 Å². The highest BCUT2D eigenvalue weighted by Gasteiger charge is 2.36. The number of carbonyl (C=O) groups excluding carboxylic acids is 3. The lowest BCUT2D eigenvalue weighted by Crippen LogP contribution is -2.53. The van der Waals surface area contributed by atoms with Crippen LogP contribution in [0, 0.1) is 13.8 Å². The lowest BCUT2D eigenvalue weighted by Gasteiger charge is -2.34. The number of hydrogen-bond donors (Lipinski definition) is 4. The minimum absolute atomic E-state index is 0.0258. The molecule has 2 atom stereocenters. The molecule has 3 amide bonds. The topological polar surface area (TPSA) is 128 Å². The first-order valence-electron chi connectivity index (χ1n) is 14.0. The number of nitrogens with one attached hydrogen (secondary N) is 2. The molecule has 0 aliphatic carbocycles. The monoisotopic (exact) mass is 575 g/mol. The van der Waals surface area contributed by atoms with Crippen LogP contribution in [0.3, 0.4) is 0 Å². The summed E-state index contributed by atoms with van der Waals surface area (Å²) in [4.78, 5) is 42.7. The molecule has 0 aliphatic rings. The summed E-state index contributed by atoms with van der Waals surface area (Å²) in [5, 5.41) is 25.4. The van der Waals surface area contributed by atoms with Gasteiger partial charge in [0.1, 0.15) is 29.2 Å². The lowest BCUT2D eigenvalue weighted by atomic mass is 9.99. The summed E-state index contributed by atoms with van der Waals surface area (Å²) < 4.78 is 5.46. The molecule has 0 aliphatic heterocycles. The van der Waals surface area contributed by atoms with Crippen LogP contribution in [0.25, 0.3) is 0 Å². The largest absolute Gasteiger partial charge is 0.508 e. The third kappa shape index (κ3) is 8.73. The van der Waals surface area contributed by atoms with Crippen molar-refractivity contribution in [3.63, 3.8) is 0 Å². The standard InChI is InChI=1S/C33H41N3O6/c1-7-19-36(31(40)27(34-32(41)42-33(4,5)6)20-23-11-15-25(37)16-12-23)29(24-13-17-26(38)18-14-24)30(39)35-28-21(2)9-8-10-22(28)3/h8-18,27,29,37-38H,7,19-20H2,1-6H3,(H,34,41)(H,35,39). The van der Waals surface area contributed by atoms with E-state index in [1.165, 1.54) is 29.2 Å². The minimum Gasteiger partial charge on any atom is -0.508 e. The van der Waals surface area contributed by atoms with E-state index in [1.807, 2.05) is 39.0 Å². The van der Waals surface area contributed by atoms with Gasteiger partial charge in [0.25, 0.3) is 5.91 Å². The Morgan fingerprint density at radius 1 is 0.881 bits per heavy atom. The molecular weight excluding hydrogens is 534 g/mol. The van der Waals surface area contributed by atoms with Crippen molar-refractivity contribution < 1.29 is 29.3 Å². The SMILES string of the molecule is CCCN(C(=O)C(Cc1ccc(O)cc1)NC(=O)OC(C)(C)C)C(C(=O)Nc1c(C)cccc1C)c1ccc(O)cc1. The number of nitrogens with zero attached hydrogens (tertiary/aromatic N) is 1. The average molecular weight is 576 g/mol. The molecule has 9 heteroatoms. The smallest absolute Gasteiger partial charge is 0.408 e. The van der Waals surface area contributed by atoms with Crippen LogP contribution in [0.5, 0.6) is 11.5 Å². The summed E-state index contributed by atoms with van der Waals surface area (Å²) in [6.45, 7) is 11.1. The van der Waals surface area contributed by atoms with Crippen molar-refractivity contribution in [2.24, 2.45) is 0 Å². The molecule has 0 bridgehead atoms. The number of rotatable bonds is 10. The molecule has 2 unspecified atom stereocenters. The average Bonchev–Trinajstić information content (AvgIpc) is 2.91. The first-order chi connectivity index (χ1) is 19.8. The van der Waals surface area contributed by atoms with Crippen LogP contribution in [0.1, 0.15) is 62.4 Å². The molecule has 4 N–H and O–H groups in total. The first-order valence-corrected chi connectivity index (χ1v) is 14.0. The van der Waals surface area contributed by atoms with Crippen molar-refractivity contribution in [2.75, 3.05) is 11.9 Å². The van der Waals surface area contributed by atoms with Crippen molar-refractivity contribution in [2.45, 2.75) is 72.1 Å². The zero-order valence-electron chi connectivity index (χ0n) is 25.1. The van der Waals surface area contributed by atoms with Gasteiger partial charge in [-0.2, -0.15) is 0 Å². The summed E-state index contributed by atoms with van der Waals surface area (Å²) in [5.41, 5.74) is 2.80. The molecule has 0 fully saturated rings. The van der Waals surface area contributed by atoms with E-state index in [0.29, 0.717) is 23.2 Å². The Kier molecular flexibility index (Phi) is 10.6. The van der Waals surface area contributed by atoms with Crippen LogP contribution >= 0.6 is 0 Å². The van der Waals surface area contributed by atoms with Crippen molar-refractivity contribution in [3.8, 4) is 11.5 Å². The first kappa shape index (κ1) is 32.0. The maximum Gasteiger partial charge on any atom is 0.408 e. The summed E-state index contributed by atoms with van der Waals surface area (Å²) in [6, 6.07) is 16.0. The van der Waals surface area contributed by atoms with Gasteiger partial charge in [-0.3, -0.25) is 9.59 Å². The molecule has 3 aromatic rings. The van der Waals surface area contributed by atoms with E-state index in [-0.39, 0.29) is 24.5 Å². The zero-order valence-corrected chi connectivity index (χ0v) is 25.1. The van der Waals surface area contributed by atoms with Crippen LogP contribution in [0.4, 0.5) is 10.5 Å². The zero-order chi connectivity index (χ0) is 31.0. The molecule has 0 heterocycles. The van der Waals surface area contributed by atoms with Crippen LogP contribution in [-0.2, 0) is 20.7 Å². The minimum atomic E-state index is -1.08. The van der Waals surface area contributed by atoms with Crippen molar-refractivity contribution >= 4 is 23.6 Å². The van der Waals surface area contributed by atoms with Crippen LogP contribution in [0.15, 0.2) is 66.7 Å². The Labute approximate surface area is 247 Å². The normalized spacial score (nSPS) is 12.6. The lowest BCUT2D eigenvalue weighted by molar-refractivity contribution is -0.140. The van der Waals surface area contributed by atoms with Crippen LogP contribution in [0.2, 0.25) is 0 Å². The quantitative estimate of drug-likeness (QED) is 0.243. The molecule has 42 heavy (non-hydrogen) atoms. The Balaban J connectivity index is 2.06. The predicted molar refractivity (Wildman–Crippen MR) is 162 cm³/mol. The van der Waals surface area contributed by atoms with E-state index in [4.69, 9.17) is 4.74 Å². The van der Waals surface area contributed by atoms with Gasteiger partial charge in [0, 0.05) is 18.7 Å². The van der Waals surface area contributed by atoms with Gasteiger partial charge in [-0.1, -0.05) is 49.4 Å². The summed E-state index contributed by atoms with van der Waals surface area (Å²) in [7, 11) is 0. The van der Waals surface area contributed by atoms with Gasteiger partial charge in [-0.15, -0.1) is 0 Å². The van der Waals surface area contributed by atoms with Gasteiger partial charge in [0.05, 0.1) is 0 Å². The molecule has 224 valence electrons. The number of carbonyl (C=O) groups is 3. The van der Waals surface area contributed by atoms with E-state index in [9.17, 15) is 24.6 Å². The molecular formula is C33H41N3O6. The number of benzene rings is 3. The molecule has 9 nitrogen and oxygen atoms in total. The van der Waals surface area contributed by atoms with Crippen LogP contribution in [-0.4, -0.2) is 51.2 Å². The van der Waals surface area contributed by atoms with Crippen molar-refractivity contribution in [3.05, 3.63) is 89.0 Å². The predicted octanol–water partition coefficient (Wildman–Crippen LogP) is 5.77. The fourth-order valence-electron chi connectivity index (χ4n) is 4.66. The second-order valence-electron chi connectivity index (χ2n) is 11.4. The van der Waals surface area contributed by atoms with E-state index in [0.717, 1.165) is 11.1 Å². The number of ether oxygens (including phenoxy) is 1. The third-order valence-corrected chi connectivity index (χ3v) is 6.61. The van der Waals surface area contributed by atoms with Gasteiger partial charge in [0.2, 0.25) is 5.91 Å². The Morgan fingerprint density at radius 2 is 1.43 bits per heavy atom.